The van der Waals surface area contributed by atoms with Crippen LogP contribution in [0.2, 0.25) is 0 Å². The number of ether oxygens (including phenoxy) is 1. The standard InChI is InChI=1S/C26H30N6O2/c1-7-32(24(18(2)3)17-23(19(4)34-6)25-28-30-31-29-25)20(5)26(33,21-11-9-8-10-12-21)22-13-15-27-16-14-22/h8-17,33H,4-5,7H2,1-3,6H3,(H,28,29,30,31)/b23-17+. The van der Waals surface area contributed by atoms with Gasteiger partial charge in [-0.15, -0.1) is 10.2 Å². The molecule has 0 aliphatic heterocycles. The van der Waals surface area contributed by atoms with Gasteiger partial charge in [-0.1, -0.05) is 49.1 Å². The van der Waals surface area contributed by atoms with Gasteiger partial charge in [-0.25, -0.2) is 0 Å². The van der Waals surface area contributed by atoms with Crippen LogP contribution < -0.4 is 0 Å². The predicted octanol–water partition coefficient (Wildman–Crippen LogP) is 4.20. The number of tetrazole rings is 1. The molecule has 176 valence electrons. The molecule has 1 unspecified atom stereocenters. The molecule has 8 heteroatoms. The average molecular weight is 459 g/mol. The van der Waals surface area contributed by atoms with E-state index in [1.54, 1.807) is 24.5 Å². The fourth-order valence-electron chi connectivity index (χ4n) is 3.76. The first-order chi connectivity index (χ1) is 16.3. The molecule has 0 aliphatic rings. The molecule has 0 saturated carbocycles. The smallest absolute Gasteiger partial charge is 0.208 e. The molecule has 1 aromatic carbocycles. The Balaban J connectivity index is 2.18. The van der Waals surface area contributed by atoms with Gasteiger partial charge in [0.05, 0.1) is 18.4 Å². The summed E-state index contributed by atoms with van der Waals surface area (Å²) in [6.07, 6.45) is 5.19. The number of methoxy groups -OCH3 is 1. The summed E-state index contributed by atoms with van der Waals surface area (Å²) in [5.74, 6) is 0.731. The third-order valence-corrected chi connectivity index (χ3v) is 5.57. The van der Waals surface area contributed by atoms with E-state index < -0.39 is 5.60 Å². The van der Waals surface area contributed by atoms with Crippen LogP contribution in [0.15, 0.2) is 96.8 Å². The highest BCUT2D eigenvalue weighted by atomic mass is 16.5. The lowest BCUT2D eigenvalue weighted by Gasteiger charge is -2.39. The third kappa shape index (κ3) is 4.82. The van der Waals surface area contributed by atoms with Crippen molar-refractivity contribution in [2.45, 2.75) is 26.4 Å². The lowest BCUT2D eigenvalue weighted by Crippen LogP contribution is -2.39. The van der Waals surface area contributed by atoms with Crippen molar-refractivity contribution >= 4 is 5.57 Å². The minimum atomic E-state index is -1.50. The number of aliphatic hydroxyl groups is 1. The van der Waals surface area contributed by atoms with Gasteiger partial charge in [0, 0.05) is 24.6 Å². The Labute approximate surface area is 200 Å². The molecule has 8 nitrogen and oxygen atoms in total. The van der Waals surface area contributed by atoms with Crippen molar-refractivity contribution in [2.24, 2.45) is 0 Å². The molecule has 2 aromatic heterocycles. The number of aromatic amines is 1. The van der Waals surface area contributed by atoms with Crippen LogP contribution in [0.4, 0.5) is 0 Å². The van der Waals surface area contributed by atoms with Crippen LogP contribution in [0.25, 0.3) is 5.57 Å². The van der Waals surface area contributed by atoms with Gasteiger partial charge in [0.2, 0.25) is 5.82 Å². The number of allylic oxidation sites excluding steroid dienone is 3. The molecule has 0 aliphatic carbocycles. The molecule has 34 heavy (non-hydrogen) atoms. The summed E-state index contributed by atoms with van der Waals surface area (Å²) in [4.78, 5) is 6.08. The third-order valence-electron chi connectivity index (χ3n) is 5.57. The molecule has 3 aromatic rings. The quantitative estimate of drug-likeness (QED) is 0.347. The summed E-state index contributed by atoms with van der Waals surface area (Å²) in [5.41, 5.74) is 2.68. The summed E-state index contributed by atoms with van der Waals surface area (Å²) < 4.78 is 5.39. The lowest BCUT2D eigenvalue weighted by molar-refractivity contribution is 0.0921. The number of nitrogens with zero attached hydrogens (tertiary/aromatic N) is 5. The molecule has 2 N–H and O–H groups in total. The van der Waals surface area contributed by atoms with Crippen LogP contribution in [-0.2, 0) is 10.3 Å². The molecular weight excluding hydrogens is 428 g/mol. The molecule has 1 atom stereocenters. The first kappa shape index (κ1) is 24.6. The number of benzene rings is 1. The van der Waals surface area contributed by atoms with E-state index in [0.29, 0.717) is 40.5 Å². The van der Waals surface area contributed by atoms with Crippen molar-refractivity contribution < 1.29 is 9.84 Å². The minimum absolute atomic E-state index is 0.347. The normalized spacial score (nSPS) is 13.0. The Morgan fingerprint density at radius 1 is 1.12 bits per heavy atom. The second-order valence-corrected chi connectivity index (χ2v) is 7.81. The van der Waals surface area contributed by atoms with E-state index in [9.17, 15) is 5.11 Å². The van der Waals surface area contributed by atoms with Crippen molar-refractivity contribution in [3.63, 3.8) is 0 Å². The van der Waals surface area contributed by atoms with Crippen molar-refractivity contribution in [3.05, 3.63) is 114 Å². The second-order valence-electron chi connectivity index (χ2n) is 7.81. The topological polar surface area (TPSA) is 100 Å². The van der Waals surface area contributed by atoms with Crippen molar-refractivity contribution in [3.8, 4) is 0 Å². The largest absolute Gasteiger partial charge is 0.497 e. The Morgan fingerprint density at radius 3 is 2.29 bits per heavy atom. The summed E-state index contributed by atoms with van der Waals surface area (Å²) in [6, 6.07) is 13.1. The molecule has 0 amide bonds. The minimum Gasteiger partial charge on any atom is -0.497 e. The number of hydrogen-bond acceptors (Lipinski definition) is 7. The monoisotopic (exact) mass is 458 g/mol. The molecule has 0 radical (unpaired) electrons. The number of rotatable bonds is 10. The zero-order valence-corrected chi connectivity index (χ0v) is 20.0. The zero-order valence-electron chi connectivity index (χ0n) is 20.0. The second kappa shape index (κ2) is 10.7. The molecule has 0 fully saturated rings. The number of pyridine rings is 1. The molecule has 0 saturated heterocycles. The van der Waals surface area contributed by atoms with Crippen molar-refractivity contribution in [2.75, 3.05) is 13.7 Å². The van der Waals surface area contributed by atoms with E-state index in [2.05, 4.69) is 38.8 Å². The van der Waals surface area contributed by atoms with Crippen LogP contribution in [0.1, 0.15) is 37.7 Å². The first-order valence-electron chi connectivity index (χ1n) is 10.9. The number of aromatic nitrogens is 5. The maximum atomic E-state index is 12.2. The van der Waals surface area contributed by atoms with Gasteiger partial charge in [0.25, 0.3) is 0 Å². The number of nitrogens with one attached hydrogen (secondary N) is 1. The maximum Gasteiger partial charge on any atom is 0.208 e. The SMILES string of the molecule is C=C(OC)/C(=C\C(=C(C)C)N(CC)C(=C)C(O)(c1ccccc1)c1ccncc1)c1nn[nH]n1. The van der Waals surface area contributed by atoms with Crippen LogP contribution in [0.5, 0.6) is 0 Å². The molecular formula is C26H30N6O2. The predicted molar refractivity (Wildman–Crippen MR) is 132 cm³/mol. The molecule has 3 rings (SSSR count). The van der Waals surface area contributed by atoms with Gasteiger partial charge in [-0.3, -0.25) is 4.98 Å². The Hall–Kier alpha value is -4.04. The van der Waals surface area contributed by atoms with Crippen molar-refractivity contribution in [1.82, 2.24) is 30.5 Å². The Kier molecular flexibility index (Phi) is 7.75. The summed E-state index contributed by atoms with van der Waals surface area (Å²) >= 11 is 0. The van der Waals surface area contributed by atoms with Gasteiger partial charge in [0.15, 0.2) is 5.60 Å². The van der Waals surface area contributed by atoms with Crippen LogP contribution in [-0.4, -0.2) is 49.3 Å². The maximum absolute atomic E-state index is 12.2. The van der Waals surface area contributed by atoms with E-state index in [1.807, 2.05) is 62.1 Å². The first-order valence-corrected chi connectivity index (χ1v) is 10.9. The number of likely N-dealkylation sites (N-methyl/N-ethyl adjacent to an activating group) is 1. The summed E-state index contributed by atoms with van der Waals surface area (Å²) in [6.45, 7) is 14.9. The molecule has 2 heterocycles. The van der Waals surface area contributed by atoms with Crippen LogP contribution in [0, 0.1) is 0 Å². The van der Waals surface area contributed by atoms with Crippen LogP contribution >= 0.6 is 0 Å². The Bertz CT molecular complexity index is 1140. The van der Waals surface area contributed by atoms with E-state index in [4.69, 9.17) is 4.74 Å². The van der Waals surface area contributed by atoms with Gasteiger partial charge in [-0.2, -0.15) is 5.21 Å². The zero-order chi connectivity index (χ0) is 24.7. The highest BCUT2D eigenvalue weighted by Crippen LogP contribution is 2.39. The fourth-order valence-corrected chi connectivity index (χ4v) is 3.76. The van der Waals surface area contributed by atoms with E-state index in [0.717, 1.165) is 11.3 Å². The Morgan fingerprint density at radius 2 is 1.76 bits per heavy atom. The molecule has 0 spiro atoms. The van der Waals surface area contributed by atoms with Gasteiger partial charge < -0.3 is 14.7 Å². The van der Waals surface area contributed by atoms with E-state index >= 15 is 0 Å². The highest BCUT2D eigenvalue weighted by molar-refractivity contribution is 5.74. The number of H-pyrrole nitrogens is 1. The van der Waals surface area contributed by atoms with E-state index in [1.165, 1.54) is 7.11 Å². The van der Waals surface area contributed by atoms with Gasteiger partial charge in [-0.05, 0) is 55.3 Å². The fraction of sp³-hybridized carbons (Fsp3) is 0.231. The average Bonchev–Trinajstić information content (AvgIpc) is 3.40. The van der Waals surface area contributed by atoms with Gasteiger partial charge in [0.1, 0.15) is 5.76 Å². The highest BCUT2D eigenvalue weighted by Gasteiger charge is 2.38. The summed E-state index contributed by atoms with van der Waals surface area (Å²) in [5, 5.41) is 26.6. The van der Waals surface area contributed by atoms with Crippen molar-refractivity contribution in [1.29, 1.82) is 0 Å². The number of hydrogen-bond donors (Lipinski definition) is 2. The molecule has 0 bridgehead atoms. The van der Waals surface area contributed by atoms with E-state index in [-0.39, 0.29) is 0 Å². The summed E-state index contributed by atoms with van der Waals surface area (Å²) in [7, 11) is 1.53. The lowest BCUT2D eigenvalue weighted by atomic mass is 9.83. The van der Waals surface area contributed by atoms with Gasteiger partial charge >= 0.3 is 0 Å². The van der Waals surface area contributed by atoms with Crippen LogP contribution in [0.3, 0.4) is 0 Å².